The van der Waals surface area contributed by atoms with Crippen LogP contribution in [0.4, 0.5) is 8.78 Å². The van der Waals surface area contributed by atoms with Crippen LogP contribution in [0.25, 0.3) is 0 Å². The molecule has 94 valence electrons. The number of ether oxygens (including phenoxy) is 1. The summed E-state index contributed by atoms with van der Waals surface area (Å²) in [6, 6.07) is 0. The van der Waals surface area contributed by atoms with Crippen molar-refractivity contribution in [2.45, 2.75) is 12.8 Å². The molecule has 0 saturated carbocycles. The summed E-state index contributed by atoms with van der Waals surface area (Å²) in [7, 11) is 0. The highest BCUT2D eigenvalue weighted by Gasteiger charge is 2.12. The SMILES string of the molecule is O=C(O)c1nc(CCOCC(F)F)ncc1Cl. The van der Waals surface area contributed by atoms with E-state index in [9.17, 15) is 13.6 Å². The molecule has 0 aromatic carbocycles. The summed E-state index contributed by atoms with van der Waals surface area (Å²) in [6.45, 7) is -0.676. The average molecular weight is 267 g/mol. The molecule has 0 aliphatic heterocycles. The number of rotatable bonds is 6. The van der Waals surface area contributed by atoms with Gasteiger partial charge in [-0.15, -0.1) is 0 Å². The van der Waals surface area contributed by atoms with Crippen LogP contribution in [0, 0.1) is 0 Å². The Morgan fingerprint density at radius 1 is 1.59 bits per heavy atom. The lowest BCUT2D eigenvalue weighted by atomic mass is 10.3. The molecule has 0 unspecified atom stereocenters. The summed E-state index contributed by atoms with van der Waals surface area (Å²) in [5, 5.41) is 8.66. The largest absolute Gasteiger partial charge is 0.476 e. The van der Waals surface area contributed by atoms with Crippen molar-refractivity contribution in [3.63, 3.8) is 0 Å². The van der Waals surface area contributed by atoms with E-state index in [0.717, 1.165) is 6.20 Å². The lowest BCUT2D eigenvalue weighted by molar-refractivity contribution is 0.0182. The van der Waals surface area contributed by atoms with Crippen LogP contribution >= 0.6 is 11.6 Å². The number of halogens is 3. The first-order valence-electron chi connectivity index (χ1n) is 4.61. The third kappa shape index (κ3) is 4.58. The molecule has 0 atom stereocenters. The second-order valence-corrected chi connectivity index (χ2v) is 3.41. The topological polar surface area (TPSA) is 72.3 Å². The molecule has 1 heterocycles. The lowest BCUT2D eigenvalue weighted by Gasteiger charge is -2.04. The van der Waals surface area contributed by atoms with Crippen LogP contribution in [-0.2, 0) is 11.2 Å². The van der Waals surface area contributed by atoms with Crippen LogP contribution in [0.15, 0.2) is 6.20 Å². The van der Waals surface area contributed by atoms with Gasteiger partial charge in [-0.05, 0) is 0 Å². The molecule has 0 saturated heterocycles. The van der Waals surface area contributed by atoms with E-state index < -0.39 is 19.0 Å². The standard InChI is InChI=1S/C9H9ClF2N2O3/c10-5-3-13-7(14-8(5)9(15)16)1-2-17-4-6(11)12/h3,6H,1-2,4H2,(H,15,16). The minimum atomic E-state index is -2.53. The minimum Gasteiger partial charge on any atom is -0.476 e. The van der Waals surface area contributed by atoms with Gasteiger partial charge in [-0.3, -0.25) is 0 Å². The zero-order valence-corrected chi connectivity index (χ0v) is 9.32. The number of aromatic carboxylic acids is 1. The van der Waals surface area contributed by atoms with Gasteiger partial charge in [0, 0.05) is 6.42 Å². The molecule has 8 heteroatoms. The van der Waals surface area contributed by atoms with E-state index in [-0.39, 0.29) is 29.6 Å². The maximum Gasteiger partial charge on any atom is 0.356 e. The number of hydrogen-bond acceptors (Lipinski definition) is 4. The molecule has 5 nitrogen and oxygen atoms in total. The van der Waals surface area contributed by atoms with Gasteiger partial charge < -0.3 is 9.84 Å². The first-order chi connectivity index (χ1) is 8.00. The summed E-state index contributed by atoms with van der Waals surface area (Å²) in [4.78, 5) is 18.1. The first kappa shape index (κ1) is 13.7. The summed E-state index contributed by atoms with van der Waals surface area (Å²) in [5.41, 5.74) is -0.314. The van der Waals surface area contributed by atoms with Crippen molar-refractivity contribution in [1.29, 1.82) is 0 Å². The number of hydrogen-bond donors (Lipinski definition) is 1. The van der Waals surface area contributed by atoms with Crippen LogP contribution in [0.1, 0.15) is 16.3 Å². The Bertz CT molecular complexity index is 404. The Balaban J connectivity index is 2.54. The van der Waals surface area contributed by atoms with Crippen molar-refractivity contribution < 1.29 is 23.4 Å². The van der Waals surface area contributed by atoms with Crippen LogP contribution in [0.2, 0.25) is 5.02 Å². The maximum absolute atomic E-state index is 11.7. The third-order valence-electron chi connectivity index (χ3n) is 1.71. The van der Waals surface area contributed by atoms with Crippen molar-refractivity contribution in [2.75, 3.05) is 13.2 Å². The Hall–Kier alpha value is -1.34. The van der Waals surface area contributed by atoms with Gasteiger partial charge in [0.15, 0.2) is 5.69 Å². The predicted molar refractivity (Wildman–Crippen MR) is 54.5 cm³/mol. The Morgan fingerprint density at radius 2 is 2.29 bits per heavy atom. The Morgan fingerprint density at radius 3 is 2.88 bits per heavy atom. The highest BCUT2D eigenvalue weighted by atomic mass is 35.5. The van der Waals surface area contributed by atoms with E-state index in [2.05, 4.69) is 14.7 Å². The van der Waals surface area contributed by atoms with Crippen molar-refractivity contribution in [3.8, 4) is 0 Å². The number of carboxylic acids is 1. The number of aromatic nitrogens is 2. The lowest BCUT2D eigenvalue weighted by Crippen LogP contribution is -2.11. The Labute approximate surface area is 100 Å². The third-order valence-corrected chi connectivity index (χ3v) is 1.99. The fourth-order valence-electron chi connectivity index (χ4n) is 1.01. The van der Waals surface area contributed by atoms with Crippen molar-refractivity contribution >= 4 is 17.6 Å². The molecule has 0 aliphatic rings. The first-order valence-corrected chi connectivity index (χ1v) is 4.99. The molecule has 1 aromatic rings. The van der Waals surface area contributed by atoms with Gasteiger partial charge in [-0.25, -0.2) is 23.5 Å². The molecule has 0 spiro atoms. The van der Waals surface area contributed by atoms with Crippen LogP contribution < -0.4 is 0 Å². The van der Waals surface area contributed by atoms with Crippen molar-refractivity contribution in [3.05, 3.63) is 22.7 Å². The van der Waals surface area contributed by atoms with Crippen molar-refractivity contribution in [1.82, 2.24) is 9.97 Å². The second-order valence-electron chi connectivity index (χ2n) is 3.00. The molecule has 1 aromatic heterocycles. The molecule has 0 aliphatic carbocycles. The molecular formula is C9H9ClF2N2O3. The van der Waals surface area contributed by atoms with E-state index in [0.29, 0.717) is 0 Å². The molecule has 0 bridgehead atoms. The smallest absolute Gasteiger partial charge is 0.356 e. The van der Waals surface area contributed by atoms with Crippen LogP contribution in [0.3, 0.4) is 0 Å². The Kier molecular flexibility index (Phi) is 5.17. The van der Waals surface area contributed by atoms with E-state index in [1.165, 1.54) is 0 Å². The minimum absolute atomic E-state index is 0.00890. The molecule has 17 heavy (non-hydrogen) atoms. The van der Waals surface area contributed by atoms with Gasteiger partial charge in [0.2, 0.25) is 0 Å². The fraction of sp³-hybridized carbons (Fsp3) is 0.444. The zero-order chi connectivity index (χ0) is 12.8. The van der Waals surface area contributed by atoms with Crippen LogP contribution in [0.5, 0.6) is 0 Å². The quantitative estimate of drug-likeness (QED) is 0.793. The van der Waals surface area contributed by atoms with Gasteiger partial charge in [0.25, 0.3) is 6.43 Å². The highest BCUT2D eigenvalue weighted by molar-refractivity contribution is 6.33. The fourth-order valence-corrected chi connectivity index (χ4v) is 1.18. The van der Waals surface area contributed by atoms with Gasteiger partial charge >= 0.3 is 5.97 Å². The number of carboxylic acid groups (broad SMARTS) is 1. The number of alkyl halides is 2. The summed E-state index contributed by atoms with van der Waals surface area (Å²) < 4.78 is 28.1. The van der Waals surface area contributed by atoms with E-state index in [4.69, 9.17) is 16.7 Å². The average Bonchev–Trinajstić information content (AvgIpc) is 2.25. The maximum atomic E-state index is 11.7. The highest BCUT2D eigenvalue weighted by Crippen LogP contribution is 2.12. The summed E-state index contributed by atoms with van der Waals surface area (Å²) >= 11 is 5.56. The predicted octanol–water partition coefficient (Wildman–Crippen LogP) is 1.65. The normalized spacial score (nSPS) is 10.8. The van der Waals surface area contributed by atoms with E-state index in [1.54, 1.807) is 0 Å². The van der Waals surface area contributed by atoms with Gasteiger partial charge in [0.1, 0.15) is 12.4 Å². The van der Waals surface area contributed by atoms with E-state index in [1.807, 2.05) is 0 Å². The molecule has 0 radical (unpaired) electrons. The van der Waals surface area contributed by atoms with Crippen molar-refractivity contribution in [2.24, 2.45) is 0 Å². The monoisotopic (exact) mass is 266 g/mol. The van der Waals surface area contributed by atoms with Gasteiger partial charge in [-0.2, -0.15) is 0 Å². The number of nitrogens with zero attached hydrogens (tertiary/aromatic N) is 2. The van der Waals surface area contributed by atoms with Crippen LogP contribution in [-0.4, -0.2) is 40.7 Å². The van der Waals surface area contributed by atoms with E-state index >= 15 is 0 Å². The number of carbonyl (C=O) groups is 1. The molecular weight excluding hydrogens is 258 g/mol. The molecule has 0 amide bonds. The van der Waals surface area contributed by atoms with Gasteiger partial charge in [0.05, 0.1) is 17.8 Å². The van der Waals surface area contributed by atoms with Gasteiger partial charge in [-0.1, -0.05) is 11.6 Å². The summed E-state index contributed by atoms with van der Waals surface area (Å²) in [6.07, 6.45) is -1.24. The molecule has 0 fully saturated rings. The molecule has 1 rings (SSSR count). The molecule has 1 N–H and O–H groups in total. The second kappa shape index (κ2) is 6.41. The summed E-state index contributed by atoms with van der Waals surface area (Å²) in [5.74, 6) is -1.09. The zero-order valence-electron chi connectivity index (χ0n) is 8.57.